The molecule has 1 heterocycles. The lowest BCUT2D eigenvalue weighted by atomic mass is 9.82. The Labute approximate surface area is 141 Å². The van der Waals surface area contributed by atoms with Gasteiger partial charge in [0.1, 0.15) is 0 Å². The normalized spacial score (nSPS) is 25.7. The van der Waals surface area contributed by atoms with E-state index in [1.165, 1.54) is 30.0 Å². The number of rotatable bonds is 6. The van der Waals surface area contributed by atoms with Gasteiger partial charge in [-0.3, -0.25) is 4.99 Å². The second kappa shape index (κ2) is 8.33. The van der Waals surface area contributed by atoms with Crippen LogP contribution in [0.1, 0.15) is 39.5 Å². The molecule has 0 amide bonds. The summed E-state index contributed by atoms with van der Waals surface area (Å²) in [6.07, 6.45) is 5.36. The lowest BCUT2D eigenvalue weighted by molar-refractivity contribution is 0.299. The predicted octanol–water partition coefficient (Wildman–Crippen LogP) is 1.36. The average molecular weight is 345 g/mol. The molecule has 2 atom stereocenters. The molecule has 0 aromatic carbocycles. The number of likely N-dealkylation sites (tertiary alicyclic amines) is 1. The summed E-state index contributed by atoms with van der Waals surface area (Å²) in [4.78, 5) is 6.67. The van der Waals surface area contributed by atoms with Crippen molar-refractivity contribution in [3.63, 3.8) is 0 Å². The second-order valence-electron chi connectivity index (χ2n) is 6.58. The molecule has 1 aliphatic heterocycles. The van der Waals surface area contributed by atoms with Crippen molar-refractivity contribution in [3.8, 4) is 0 Å². The highest BCUT2D eigenvalue weighted by atomic mass is 32.2. The van der Waals surface area contributed by atoms with Crippen LogP contribution in [0.3, 0.4) is 0 Å². The van der Waals surface area contributed by atoms with E-state index in [9.17, 15) is 8.42 Å². The standard InChI is InChI=1S/C16H32N4O2S/c1-4-20(5-2)23(21,22)11-10-18-16(17-3)19-12-14-8-6-7-9-15(14)13-19/h14-15H,4-13H2,1-3H3,(H,17,18). The molecule has 0 spiro atoms. The van der Waals surface area contributed by atoms with Crippen LogP contribution >= 0.6 is 0 Å². The predicted molar refractivity (Wildman–Crippen MR) is 95.1 cm³/mol. The zero-order chi connectivity index (χ0) is 16.9. The minimum absolute atomic E-state index is 0.119. The number of fused-ring (bicyclic) bond motifs is 1. The Balaban J connectivity index is 1.84. The third kappa shape index (κ3) is 4.59. The van der Waals surface area contributed by atoms with Crippen molar-refractivity contribution in [1.82, 2.24) is 14.5 Å². The van der Waals surface area contributed by atoms with Gasteiger partial charge in [-0.1, -0.05) is 26.7 Å². The number of aliphatic imine (C=N–C) groups is 1. The van der Waals surface area contributed by atoms with Crippen molar-refractivity contribution in [2.75, 3.05) is 45.5 Å². The fourth-order valence-corrected chi connectivity index (χ4v) is 5.35. The third-order valence-corrected chi connectivity index (χ3v) is 7.25. The number of hydrogen-bond donors (Lipinski definition) is 1. The largest absolute Gasteiger partial charge is 0.355 e. The van der Waals surface area contributed by atoms with Crippen LogP contribution in [-0.4, -0.2) is 69.1 Å². The van der Waals surface area contributed by atoms with E-state index in [0.717, 1.165) is 30.9 Å². The Morgan fingerprint density at radius 2 is 1.74 bits per heavy atom. The van der Waals surface area contributed by atoms with Gasteiger partial charge in [-0.25, -0.2) is 12.7 Å². The smallest absolute Gasteiger partial charge is 0.215 e. The van der Waals surface area contributed by atoms with Gasteiger partial charge in [0, 0.05) is 39.8 Å². The first-order valence-corrected chi connectivity index (χ1v) is 10.6. The molecule has 1 aliphatic carbocycles. The topological polar surface area (TPSA) is 65.0 Å². The lowest BCUT2D eigenvalue weighted by Crippen LogP contribution is -2.43. The highest BCUT2D eigenvalue weighted by molar-refractivity contribution is 7.89. The molecule has 2 aliphatic rings. The van der Waals surface area contributed by atoms with Crippen LogP contribution in [0.2, 0.25) is 0 Å². The molecule has 134 valence electrons. The van der Waals surface area contributed by atoms with Crippen LogP contribution in [0.4, 0.5) is 0 Å². The van der Waals surface area contributed by atoms with Crippen LogP contribution in [0.25, 0.3) is 0 Å². The molecule has 6 nitrogen and oxygen atoms in total. The maximum Gasteiger partial charge on any atom is 0.215 e. The van der Waals surface area contributed by atoms with Crippen molar-refractivity contribution in [2.24, 2.45) is 16.8 Å². The quantitative estimate of drug-likeness (QED) is 0.584. The van der Waals surface area contributed by atoms with Gasteiger partial charge in [-0.15, -0.1) is 0 Å². The van der Waals surface area contributed by atoms with Gasteiger partial charge in [-0.2, -0.15) is 0 Å². The van der Waals surface area contributed by atoms with Crippen molar-refractivity contribution < 1.29 is 8.42 Å². The molecular formula is C16H32N4O2S. The van der Waals surface area contributed by atoms with Gasteiger partial charge in [0.05, 0.1) is 5.75 Å². The second-order valence-corrected chi connectivity index (χ2v) is 8.67. The zero-order valence-electron chi connectivity index (χ0n) is 14.8. The van der Waals surface area contributed by atoms with Crippen molar-refractivity contribution in [3.05, 3.63) is 0 Å². The minimum atomic E-state index is -3.17. The third-order valence-electron chi connectivity index (χ3n) is 5.23. The lowest BCUT2D eigenvalue weighted by Gasteiger charge is -2.23. The summed E-state index contributed by atoms with van der Waals surface area (Å²) >= 11 is 0. The van der Waals surface area contributed by atoms with Crippen molar-refractivity contribution in [2.45, 2.75) is 39.5 Å². The van der Waals surface area contributed by atoms with Gasteiger partial charge in [0.15, 0.2) is 5.96 Å². The molecule has 0 aromatic heterocycles. The summed E-state index contributed by atoms with van der Waals surface area (Å²) in [5.41, 5.74) is 0. The Bertz CT molecular complexity index is 488. The van der Waals surface area contributed by atoms with Crippen LogP contribution in [-0.2, 0) is 10.0 Å². The van der Waals surface area contributed by atoms with Crippen molar-refractivity contribution >= 4 is 16.0 Å². The maximum atomic E-state index is 12.2. The van der Waals surface area contributed by atoms with Gasteiger partial charge in [0.2, 0.25) is 10.0 Å². The highest BCUT2D eigenvalue weighted by Crippen LogP contribution is 2.35. The Hall–Kier alpha value is -0.820. The van der Waals surface area contributed by atoms with E-state index in [4.69, 9.17) is 0 Å². The SMILES string of the molecule is CCN(CC)S(=O)(=O)CCNC(=NC)N1CC2CCCCC2C1. The Morgan fingerprint density at radius 3 is 2.22 bits per heavy atom. The molecule has 1 saturated carbocycles. The van der Waals surface area contributed by atoms with E-state index in [0.29, 0.717) is 19.6 Å². The Kier molecular flexibility index (Phi) is 6.71. The van der Waals surface area contributed by atoms with Crippen LogP contribution < -0.4 is 5.32 Å². The van der Waals surface area contributed by atoms with Gasteiger partial charge in [-0.05, 0) is 24.7 Å². The number of sulfonamides is 1. The molecule has 7 heteroatoms. The van der Waals surface area contributed by atoms with Crippen LogP contribution in [0, 0.1) is 11.8 Å². The molecule has 0 radical (unpaired) electrons. The summed E-state index contributed by atoms with van der Waals surface area (Å²) in [6.45, 7) is 7.35. The van der Waals surface area contributed by atoms with E-state index in [-0.39, 0.29) is 5.75 Å². The summed E-state index contributed by atoms with van der Waals surface area (Å²) in [7, 11) is -1.39. The molecule has 2 unspecified atom stereocenters. The van der Waals surface area contributed by atoms with Crippen molar-refractivity contribution in [1.29, 1.82) is 0 Å². The molecule has 0 aromatic rings. The summed E-state index contributed by atoms with van der Waals surface area (Å²) in [5, 5.41) is 3.25. The van der Waals surface area contributed by atoms with Gasteiger partial charge in [0.25, 0.3) is 0 Å². The summed E-state index contributed by atoms with van der Waals surface area (Å²) in [5.74, 6) is 2.56. The molecule has 0 bridgehead atoms. The maximum absolute atomic E-state index is 12.2. The van der Waals surface area contributed by atoms with Gasteiger partial charge >= 0.3 is 0 Å². The number of nitrogens with zero attached hydrogens (tertiary/aromatic N) is 3. The first kappa shape index (κ1) is 18.5. The van der Waals surface area contributed by atoms with E-state index < -0.39 is 10.0 Å². The van der Waals surface area contributed by atoms with E-state index in [1.807, 2.05) is 13.8 Å². The first-order valence-electron chi connectivity index (χ1n) is 8.95. The summed E-state index contributed by atoms with van der Waals surface area (Å²) < 4.78 is 26.0. The van der Waals surface area contributed by atoms with E-state index in [1.54, 1.807) is 7.05 Å². The monoisotopic (exact) mass is 344 g/mol. The molecule has 2 fully saturated rings. The molecule has 2 rings (SSSR count). The highest BCUT2D eigenvalue weighted by Gasteiger charge is 2.35. The van der Waals surface area contributed by atoms with E-state index >= 15 is 0 Å². The minimum Gasteiger partial charge on any atom is -0.355 e. The Morgan fingerprint density at radius 1 is 1.17 bits per heavy atom. The summed E-state index contributed by atoms with van der Waals surface area (Å²) in [6, 6.07) is 0. The van der Waals surface area contributed by atoms with Crippen LogP contribution in [0.5, 0.6) is 0 Å². The van der Waals surface area contributed by atoms with Gasteiger partial charge < -0.3 is 10.2 Å². The van der Waals surface area contributed by atoms with E-state index in [2.05, 4.69) is 15.2 Å². The number of hydrogen-bond acceptors (Lipinski definition) is 3. The molecule has 1 N–H and O–H groups in total. The van der Waals surface area contributed by atoms with Crippen LogP contribution in [0.15, 0.2) is 4.99 Å². The zero-order valence-corrected chi connectivity index (χ0v) is 15.6. The first-order chi connectivity index (χ1) is 11.0. The fourth-order valence-electron chi connectivity index (χ4n) is 3.95. The number of nitrogens with one attached hydrogen (secondary N) is 1. The molecule has 1 saturated heterocycles. The molecule has 23 heavy (non-hydrogen) atoms. The molecular weight excluding hydrogens is 312 g/mol. The number of guanidine groups is 1. The average Bonchev–Trinajstić information content (AvgIpc) is 2.96. The fraction of sp³-hybridized carbons (Fsp3) is 0.938.